The number of hydrogen-bond donors (Lipinski definition) is 1. The van der Waals surface area contributed by atoms with Crippen molar-refractivity contribution in [2.45, 2.75) is 38.5 Å². The fourth-order valence-corrected chi connectivity index (χ4v) is 2.17. The Morgan fingerprint density at radius 1 is 1.27 bits per heavy atom. The van der Waals surface area contributed by atoms with E-state index < -0.39 is 11.9 Å². The summed E-state index contributed by atoms with van der Waals surface area (Å²) in [6.07, 6.45) is 4.76. The fraction of sp³-hybridized carbons (Fsp3) is 0.462. The van der Waals surface area contributed by atoms with Crippen LogP contribution < -0.4 is 0 Å². The van der Waals surface area contributed by atoms with Gasteiger partial charge in [-0.05, 0) is 49.3 Å². The molecule has 1 aromatic carbocycles. The molecule has 0 amide bonds. The zero-order chi connectivity index (χ0) is 10.8. The van der Waals surface area contributed by atoms with Crippen LogP contribution in [-0.2, 0) is 17.6 Å². The van der Waals surface area contributed by atoms with Crippen LogP contribution in [0.3, 0.4) is 0 Å². The molecule has 0 saturated heterocycles. The summed E-state index contributed by atoms with van der Waals surface area (Å²) >= 11 is 0. The van der Waals surface area contributed by atoms with E-state index in [4.69, 9.17) is 5.11 Å². The molecule has 0 radical (unpaired) electrons. The number of carboxylic acids is 1. The molecule has 2 heteroatoms. The van der Waals surface area contributed by atoms with Crippen LogP contribution in [0.25, 0.3) is 0 Å². The molecule has 1 aliphatic carbocycles. The minimum atomic E-state index is -0.745. The Balaban J connectivity index is 2.31. The first kappa shape index (κ1) is 10.2. The molecule has 0 aromatic heterocycles. The van der Waals surface area contributed by atoms with Gasteiger partial charge in [-0.15, -0.1) is 0 Å². The molecular formula is C13H16O2. The smallest absolute Gasteiger partial charge is 0.310 e. The van der Waals surface area contributed by atoms with E-state index in [0.717, 1.165) is 18.4 Å². The van der Waals surface area contributed by atoms with Gasteiger partial charge in [0.25, 0.3) is 0 Å². The number of aryl methyl sites for hydroxylation is 2. The number of carboxylic acid groups (broad SMARTS) is 1. The molecule has 80 valence electrons. The van der Waals surface area contributed by atoms with E-state index in [1.807, 2.05) is 6.07 Å². The molecule has 1 aliphatic rings. The van der Waals surface area contributed by atoms with E-state index in [1.54, 1.807) is 6.92 Å². The topological polar surface area (TPSA) is 37.3 Å². The van der Waals surface area contributed by atoms with Crippen molar-refractivity contribution in [2.24, 2.45) is 0 Å². The zero-order valence-electron chi connectivity index (χ0n) is 8.99. The number of fused-ring (bicyclic) bond motifs is 1. The van der Waals surface area contributed by atoms with E-state index in [1.165, 1.54) is 24.0 Å². The molecule has 0 saturated carbocycles. The van der Waals surface area contributed by atoms with Gasteiger partial charge in [0.1, 0.15) is 0 Å². The van der Waals surface area contributed by atoms with E-state index in [-0.39, 0.29) is 0 Å². The number of rotatable bonds is 2. The first-order valence-corrected chi connectivity index (χ1v) is 5.53. The van der Waals surface area contributed by atoms with Gasteiger partial charge in [-0.25, -0.2) is 0 Å². The maximum atomic E-state index is 10.9. The fourth-order valence-electron chi connectivity index (χ4n) is 2.17. The third-order valence-electron chi connectivity index (χ3n) is 3.24. The molecule has 0 fully saturated rings. The Kier molecular flexibility index (Phi) is 2.76. The molecule has 0 aliphatic heterocycles. The maximum Gasteiger partial charge on any atom is 0.310 e. The van der Waals surface area contributed by atoms with Gasteiger partial charge in [0.2, 0.25) is 0 Å². The highest BCUT2D eigenvalue weighted by Gasteiger charge is 2.16. The second-order valence-electron chi connectivity index (χ2n) is 4.30. The van der Waals surface area contributed by atoms with Crippen LogP contribution in [0.1, 0.15) is 42.4 Å². The lowest BCUT2D eigenvalue weighted by Crippen LogP contribution is -2.09. The number of carbonyl (C=O) groups is 1. The van der Waals surface area contributed by atoms with Gasteiger partial charge in [-0.1, -0.05) is 18.2 Å². The summed E-state index contributed by atoms with van der Waals surface area (Å²) in [4.78, 5) is 10.9. The maximum absolute atomic E-state index is 10.9. The Morgan fingerprint density at radius 2 is 1.93 bits per heavy atom. The van der Waals surface area contributed by atoms with Crippen molar-refractivity contribution in [2.75, 3.05) is 0 Å². The van der Waals surface area contributed by atoms with E-state index in [2.05, 4.69) is 12.1 Å². The van der Waals surface area contributed by atoms with Crippen LogP contribution in [0.15, 0.2) is 18.2 Å². The van der Waals surface area contributed by atoms with E-state index in [0.29, 0.717) is 0 Å². The summed E-state index contributed by atoms with van der Waals surface area (Å²) in [6.45, 7) is 1.74. The third kappa shape index (κ3) is 2.04. The predicted octanol–water partition coefficient (Wildman–Crippen LogP) is 2.75. The molecule has 0 heterocycles. The molecule has 0 bridgehead atoms. The Morgan fingerprint density at radius 3 is 2.60 bits per heavy atom. The van der Waals surface area contributed by atoms with Crippen molar-refractivity contribution in [3.8, 4) is 0 Å². The van der Waals surface area contributed by atoms with Crippen LogP contribution in [0.5, 0.6) is 0 Å². The lowest BCUT2D eigenvalue weighted by Gasteiger charge is -2.17. The Labute approximate surface area is 89.9 Å². The standard InChI is InChI=1S/C13H16O2/c1-9(13(14)15)11-7-6-10-4-2-3-5-12(10)8-11/h6-9H,2-5H2,1H3,(H,14,15)/t9-/m1/s1. The Hall–Kier alpha value is -1.31. The highest BCUT2D eigenvalue weighted by atomic mass is 16.4. The van der Waals surface area contributed by atoms with Crippen LogP contribution in [0.4, 0.5) is 0 Å². The molecule has 1 N–H and O–H groups in total. The number of aliphatic carboxylic acids is 1. The van der Waals surface area contributed by atoms with Crippen molar-refractivity contribution in [1.29, 1.82) is 0 Å². The van der Waals surface area contributed by atoms with Gasteiger partial charge in [0, 0.05) is 0 Å². The van der Waals surface area contributed by atoms with E-state index >= 15 is 0 Å². The SMILES string of the molecule is C[C@@H](C(=O)O)c1ccc2c(c1)CCCC2. The predicted molar refractivity (Wildman–Crippen MR) is 59.1 cm³/mol. The highest BCUT2D eigenvalue weighted by Crippen LogP contribution is 2.25. The summed E-state index contributed by atoms with van der Waals surface area (Å²) in [5, 5.41) is 8.94. The van der Waals surface area contributed by atoms with Gasteiger partial charge < -0.3 is 5.11 Å². The summed E-state index contributed by atoms with van der Waals surface area (Å²) in [5.41, 5.74) is 3.69. The average Bonchev–Trinajstić information content (AvgIpc) is 2.27. The molecular weight excluding hydrogens is 188 g/mol. The van der Waals surface area contributed by atoms with Gasteiger partial charge in [0.15, 0.2) is 0 Å². The summed E-state index contributed by atoms with van der Waals surface area (Å²) in [7, 11) is 0. The summed E-state index contributed by atoms with van der Waals surface area (Å²) in [5.74, 6) is -1.14. The summed E-state index contributed by atoms with van der Waals surface area (Å²) in [6, 6.07) is 6.14. The number of benzene rings is 1. The van der Waals surface area contributed by atoms with Gasteiger partial charge in [0.05, 0.1) is 5.92 Å². The van der Waals surface area contributed by atoms with E-state index in [9.17, 15) is 4.79 Å². The largest absolute Gasteiger partial charge is 0.481 e. The lowest BCUT2D eigenvalue weighted by molar-refractivity contribution is -0.138. The normalized spacial score (nSPS) is 16.9. The second kappa shape index (κ2) is 4.05. The monoisotopic (exact) mass is 204 g/mol. The molecule has 0 spiro atoms. The van der Waals surface area contributed by atoms with Gasteiger partial charge >= 0.3 is 5.97 Å². The van der Waals surface area contributed by atoms with Gasteiger partial charge in [-0.3, -0.25) is 4.79 Å². The minimum absolute atomic E-state index is 0.391. The molecule has 2 rings (SSSR count). The van der Waals surface area contributed by atoms with Crippen LogP contribution in [-0.4, -0.2) is 11.1 Å². The Bertz CT molecular complexity index is 382. The van der Waals surface area contributed by atoms with Crippen molar-refractivity contribution < 1.29 is 9.90 Å². The molecule has 1 aromatic rings. The minimum Gasteiger partial charge on any atom is -0.481 e. The van der Waals surface area contributed by atoms with Crippen molar-refractivity contribution in [3.63, 3.8) is 0 Å². The first-order chi connectivity index (χ1) is 7.18. The van der Waals surface area contributed by atoms with Crippen LogP contribution in [0.2, 0.25) is 0 Å². The van der Waals surface area contributed by atoms with Crippen molar-refractivity contribution >= 4 is 5.97 Å². The van der Waals surface area contributed by atoms with Gasteiger partial charge in [-0.2, -0.15) is 0 Å². The van der Waals surface area contributed by atoms with Crippen molar-refractivity contribution in [1.82, 2.24) is 0 Å². The average molecular weight is 204 g/mol. The number of hydrogen-bond acceptors (Lipinski definition) is 1. The zero-order valence-corrected chi connectivity index (χ0v) is 8.99. The third-order valence-corrected chi connectivity index (χ3v) is 3.24. The van der Waals surface area contributed by atoms with Crippen LogP contribution in [0, 0.1) is 0 Å². The quantitative estimate of drug-likeness (QED) is 0.804. The van der Waals surface area contributed by atoms with Crippen molar-refractivity contribution in [3.05, 3.63) is 34.9 Å². The first-order valence-electron chi connectivity index (χ1n) is 5.53. The lowest BCUT2D eigenvalue weighted by atomic mass is 9.88. The molecule has 2 nitrogen and oxygen atoms in total. The van der Waals surface area contributed by atoms with Crippen LogP contribution >= 0.6 is 0 Å². The molecule has 0 unspecified atom stereocenters. The summed E-state index contributed by atoms with van der Waals surface area (Å²) < 4.78 is 0. The highest BCUT2D eigenvalue weighted by molar-refractivity contribution is 5.75. The molecule has 15 heavy (non-hydrogen) atoms. The second-order valence-corrected chi connectivity index (χ2v) is 4.30. The molecule has 1 atom stereocenters.